The van der Waals surface area contributed by atoms with Crippen molar-refractivity contribution in [3.05, 3.63) is 34.3 Å². The van der Waals surface area contributed by atoms with Gasteiger partial charge in [-0.15, -0.1) is 0 Å². The Morgan fingerprint density at radius 2 is 2.00 bits per heavy atom. The van der Waals surface area contributed by atoms with E-state index in [0.717, 1.165) is 10.0 Å². The van der Waals surface area contributed by atoms with Crippen molar-refractivity contribution in [3.63, 3.8) is 0 Å². The molecule has 1 atom stereocenters. The summed E-state index contributed by atoms with van der Waals surface area (Å²) in [6.07, 6.45) is 1.43. The summed E-state index contributed by atoms with van der Waals surface area (Å²) in [6.45, 7) is 3.40. The summed E-state index contributed by atoms with van der Waals surface area (Å²) in [4.78, 5) is 11.2. The summed E-state index contributed by atoms with van der Waals surface area (Å²) >= 11 is 3.42. The maximum Gasteiger partial charge on any atom is 0.306 e. The summed E-state index contributed by atoms with van der Waals surface area (Å²) < 4.78 is 0.930. The third-order valence-electron chi connectivity index (χ3n) is 2.88. The van der Waals surface area contributed by atoms with Crippen LogP contribution in [0.1, 0.15) is 32.3 Å². The lowest BCUT2D eigenvalue weighted by Crippen LogP contribution is -2.24. The van der Waals surface area contributed by atoms with Gasteiger partial charge in [-0.25, -0.2) is 0 Å². The first-order valence-electron chi connectivity index (χ1n) is 5.98. The Balaban J connectivity index is 2.70. The van der Waals surface area contributed by atoms with Gasteiger partial charge in [0, 0.05) is 4.47 Å². The molecule has 0 saturated carbocycles. The molecule has 2 N–H and O–H groups in total. The van der Waals surface area contributed by atoms with Crippen molar-refractivity contribution in [2.45, 2.75) is 38.7 Å². The van der Waals surface area contributed by atoms with Crippen LogP contribution < -0.4 is 0 Å². The van der Waals surface area contributed by atoms with Crippen molar-refractivity contribution < 1.29 is 15.0 Å². The normalized spacial score (nSPS) is 13.3. The van der Waals surface area contributed by atoms with E-state index in [1.807, 2.05) is 24.3 Å². The fraction of sp³-hybridized carbons (Fsp3) is 0.500. The Morgan fingerprint density at radius 3 is 2.50 bits per heavy atom. The van der Waals surface area contributed by atoms with Crippen molar-refractivity contribution in [3.8, 4) is 0 Å². The van der Waals surface area contributed by atoms with Crippen molar-refractivity contribution in [2.24, 2.45) is 5.92 Å². The molecule has 0 amide bonds. The number of halogens is 1. The number of aliphatic hydroxyl groups is 1. The lowest BCUT2D eigenvalue weighted by molar-refractivity contribution is -0.142. The van der Waals surface area contributed by atoms with E-state index < -0.39 is 17.5 Å². The van der Waals surface area contributed by atoms with Gasteiger partial charge in [0.1, 0.15) is 0 Å². The first-order chi connectivity index (χ1) is 8.29. The van der Waals surface area contributed by atoms with Crippen molar-refractivity contribution in [1.82, 2.24) is 0 Å². The number of carbonyl (C=O) groups is 1. The van der Waals surface area contributed by atoms with Gasteiger partial charge in [-0.1, -0.05) is 34.1 Å². The molecule has 100 valence electrons. The van der Waals surface area contributed by atoms with Crippen LogP contribution in [0, 0.1) is 5.92 Å². The van der Waals surface area contributed by atoms with E-state index in [9.17, 15) is 15.0 Å². The zero-order valence-corrected chi connectivity index (χ0v) is 12.3. The highest BCUT2D eigenvalue weighted by Gasteiger charge is 2.22. The summed E-state index contributed by atoms with van der Waals surface area (Å²) in [6, 6.07) is 7.63. The van der Waals surface area contributed by atoms with Crippen molar-refractivity contribution in [2.75, 3.05) is 0 Å². The number of rotatable bonds is 6. The van der Waals surface area contributed by atoms with Crippen molar-refractivity contribution >= 4 is 21.9 Å². The van der Waals surface area contributed by atoms with Gasteiger partial charge in [-0.2, -0.15) is 0 Å². The third kappa shape index (κ3) is 5.19. The van der Waals surface area contributed by atoms with E-state index in [0.29, 0.717) is 19.3 Å². The Labute approximate surface area is 116 Å². The molecule has 4 heteroatoms. The van der Waals surface area contributed by atoms with Crippen LogP contribution in [-0.2, 0) is 11.2 Å². The van der Waals surface area contributed by atoms with E-state index in [4.69, 9.17) is 0 Å². The Bertz CT molecular complexity index is 410. The average Bonchev–Trinajstić information content (AvgIpc) is 2.24. The SMILES string of the molecule is CC(C)(O)CCC(Cc1ccccc1Br)C(=O)O. The van der Waals surface area contributed by atoms with Crippen LogP contribution in [-0.4, -0.2) is 21.8 Å². The maximum atomic E-state index is 11.2. The van der Waals surface area contributed by atoms with Gasteiger partial charge < -0.3 is 10.2 Å². The molecule has 0 aliphatic rings. The molecule has 1 rings (SSSR count). The molecule has 0 fully saturated rings. The molecule has 0 radical (unpaired) electrons. The highest BCUT2D eigenvalue weighted by molar-refractivity contribution is 9.10. The standard InChI is InChI=1S/C14H19BrO3/c1-14(2,18)8-7-11(13(16)17)9-10-5-3-4-6-12(10)15/h3-6,11,18H,7-9H2,1-2H3,(H,16,17). The predicted molar refractivity (Wildman–Crippen MR) is 74.5 cm³/mol. The van der Waals surface area contributed by atoms with Crippen LogP contribution in [0.15, 0.2) is 28.7 Å². The second-order valence-corrected chi connectivity index (χ2v) is 6.04. The van der Waals surface area contributed by atoms with Crippen LogP contribution in [0.25, 0.3) is 0 Å². The molecular formula is C14H19BrO3. The molecule has 0 bridgehead atoms. The predicted octanol–water partition coefficient (Wildman–Crippen LogP) is 3.24. The van der Waals surface area contributed by atoms with E-state index in [-0.39, 0.29) is 0 Å². The quantitative estimate of drug-likeness (QED) is 0.847. The zero-order valence-electron chi connectivity index (χ0n) is 10.7. The molecule has 0 aliphatic carbocycles. The Hall–Kier alpha value is -0.870. The monoisotopic (exact) mass is 314 g/mol. The molecule has 3 nitrogen and oxygen atoms in total. The average molecular weight is 315 g/mol. The lowest BCUT2D eigenvalue weighted by Gasteiger charge is -2.20. The lowest BCUT2D eigenvalue weighted by atomic mass is 9.90. The molecule has 1 aromatic carbocycles. The van der Waals surface area contributed by atoms with Gasteiger partial charge >= 0.3 is 5.97 Å². The summed E-state index contributed by atoms with van der Waals surface area (Å²) in [7, 11) is 0. The van der Waals surface area contributed by atoms with E-state index in [1.165, 1.54) is 0 Å². The molecular weight excluding hydrogens is 296 g/mol. The smallest absolute Gasteiger partial charge is 0.306 e. The van der Waals surface area contributed by atoms with Crippen molar-refractivity contribution in [1.29, 1.82) is 0 Å². The highest BCUT2D eigenvalue weighted by Crippen LogP contribution is 2.24. The molecule has 1 aromatic rings. The molecule has 18 heavy (non-hydrogen) atoms. The van der Waals surface area contributed by atoms with Gasteiger partial charge in [-0.3, -0.25) is 4.79 Å². The summed E-state index contributed by atoms with van der Waals surface area (Å²) in [5, 5.41) is 18.9. The van der Waals surface area contributed by atoms with Crippen LogP contribution in [0.3, 0.4) is 0 Å². The fourth-order valence-corrected chi connectivity index (χ4v) is 2.22. The first-order valence-corrected chi connectivity index (χ1v) is 6.77. The van der Waals surface area contributed by atoms with Gasteiger partial charge in [0.25, 0.3) is 0 Å². The molecule has 0 aromatic heterocycles. The topological polar surface area (TPSA) is 57.5 Å². The number of aliphatic carboxylic acids is 1. The highest BCUT2D eigenvalue weighted by atomic mass is 79.9. The largest absolute Gasteiger partial charge is 0.481 e. The number of hydrogen-bond acceptors (Lipinski definition) is 2. The van der Waals surface area contributed by atoms with Gasteiger partial charge in [-0.05, 0) is 44.7 Å². The van der Waals surface area contributed by atoms with E-state index in [2.05, 4.69) is 15.9 Å². The number of carboxylic acids is 1. The summed E-state index contributed by atoms with van der Waals surface area (Å²) in [5.74, 6) is -1.27. The van der Waals surface area contributed by atoms with Crippen LogP contribution in [0.5, 0.6) is 0 Å². The molecule has 0 aliphatic heterocycles. The third-order valence-corrected chi connectivity index (χ3v) is 3.65. The minimum atomic E-state index is -0.818. The Morgan fingerprint density at radius 1 is 1.39 bits per heavy atom. The summed E-state index contributed by atoms with van der Waals surface area (Å²) in [5.41, 5.74) is 0.169. The second-order valence-electron chi connectivity index (χ2n) is 5.18. The van der Waals surface area contributed by atoms with Crippen LogP contribution >= 0.6 is 15.9 Å². The number of benzene rings is 1. The van der Waals surface area contributed by atoms with E-state index in [1.54, 1.807) is 13.8 Å². The second kappa shape index (κ2) is 6.34. The first kappa shape index (κ1) is 15.2. The van der Waals surface area contributed by atoms with Gasteiger partial charge in [0.2, 0.25) is 0 Å². The fourth-order valence-electron chi connectivity index (χ4n) is 1.77. The maximum absolute atomic E-state index is 11.2. The van der Waals surface area contributed by atoms with Gasteiger partial charge in [0.15, 0.2) is 0 Å². The van der Waals surface area contributed by atoms with Gasteiger partial charge in [0.05, 0.1) is 11.5 Å². The molecule has 0 heterocycles. The van der Waals surface area contributed by atoms with Crippen LogP contribution in [0.2, 0.25) is 0 Å². The number of carboxylic acid groups (broad SMARTS) is 1. The zero-order chi connectivity index (χ0) is 13.8. The Kier molecular flexibility index (Phi) is 5.35. The number of hydrogen-bond donors (Lipinski definition) is 2. The molecule has 1 unspecified atom stereocenters. The van der Waals surface area contributed by atoms with Crippen LogP contribution in [0.4, 0.5) is 0 Å². The molecule has 0 saturated heterocycles. The molecule has 0 spiro atoms. The minimum Gasteiger partial charge on any atom is -0.481 e. The minimum absolute atomic E-state index is 0.463. The van der Waals surface area contributed by atoms with E-state index >= 15 is 0 Å².